The molecule has 3 aromatic rings. The summed E-state index contributed by atoms with van der Waals surface area (Å²) in [6, 6.07) is 12.2. The van der Waals surface area contributed by atoms with E-state index in [0.29, 0.717) is 5.95 Å². The van der Waals surface area contributed by atoms with Crippen LogP contribution in [0.3, 0.4) is 0 Å². The zero-order chi connectivity index (χ0) is 12.7. The highest BCUT2D eigenvalue weighted by Gasteiger charge is 2.07. The second-order valence-corrected chi connectivity index (χ2v) is 4.45. The van der Waals surface area contributed by atoms with E-state index in [1.165, 1.54) is 11.1 Å². The van der Waals surface area contributed by atoms with Crippen LogP contribution in [-0.4, -0.2) is 14.6 Å². The fourth-order valence-corrected chi connectivity index (χ4v) is 2.04. The summed E-state index contributed by atoms with van der Waals surface area (Å²) in [5, 5.41) is 4.22. The number of aryl methyl sites for hydroxylation is 2. The number of anilines is 1. The zero-order valence-corrected chi connectivity index (χ0v) is 10.4. The molecule has 0 aliphatic rings. The van der Waals surface area contributed by atoms with Crippen LogP contribution in [0, 0.1) is 13.8 Å². The number of pyridine rings is 1. The summed E-state index contributed by atoms with van der Waals surface area (Å²) in [7, 11) is 0. The molecule has 0 radical (unpaired) electrons. The summed E-state index contributed by atoms with van der Waals surface area (Å²) in [6.07, 6.45) is 0. The molecule has 4 heteroatoms. The molecule has 0 saturated heterocycles. The molecule has 2 heterocycles. The maximum absolute atomic E-state index is 5.65. The lowest BCUT2D eigenvalue weighted by Gasteiger charge is -2.06. The maximum atomic E-state index is 5.65. The largest absolute Gasteiger partial charge is 0.366 e. The first-order valence-corrected chi connectivity index (χ1v) is 5.84. The first-order chi connectivity index (χ1) is 8.65. The second-order valence-electron chi connectivity index (χ2n) is 4.45. The van der Waals surface area contributed by atoms with Gasteiger partial charge in [-0.15, -0.1) is 5.10 Å². The van der Waals surface area contributed by atoms with E-state index in [4.69, 9.17) is 5.73 Å². The minimum absolute atomic E-state index is 0.297. The highest BCUT2D eigenvalue weighted by atomic mass is 15.3. The zero-order valence-electron chi connectivity index (χ0n) is 10.4. The van der Waals surface area contributed by atoms with Gasteiger partial charge in [-0.1, -0.05) is 18.2 Å². The number of aromatic nitrogens is 3. The van der Waals surface area contributed by atoms with Crippen LogP contribution >= 0.6 is 0 Å². The van der Waals surface area contributed by atoms with Crippen LogP contribution in [0.1, 0.15) is 11.1 Å². The lowest BCUT2D eigenvalue weighted by atomic mass is 10.0. The summed E-state index contributed by atoms with van der Waals surface area (Å²) in [5.74, 6) is 0.297. The van der Waals surface area contributed by atoms with E-state index in [1.807, 2.05) is 18.2 Å². The van der Waals surface area contributed by atoms with Gasteiger partial charge in [0.1, 0.15) is 0 Å². The second kappa shape index (κ2) is 3.84. The summed E-state index contributed by atoms with van der Waals surface area (Å²) < 4.78 is 1.78. The molecule has 3 rings (SSSR count). The van der Waals surface area contributed by atoms with Crippen LogP contribution < -0.4 is 5.73 Å². The molecule has 18 heavy (non-hydrogen) atoms. The van der Waals surface area contributed by atoms with Gasteiger partial charge in [0.05, 0.1) is 5.69 Å². The third-order valence-corrected chi connectivity index (χ3v) is 3.18. The Balaban J connectivity index is 2.27. The fraction of sp³-hybridized carbons (Fsp3) is 0.143. The van der Waals surface area contributed by atoms with Crippen molar-refractivity contribution in [2.75, 3.05) is 5.73 Å². The van der Waals surface area contributed by atoms with Crippen molar-refractivity contribution in [1.82, 2.24) is 14.6 Å². The van der Waals surface area contributed by atoms with Gasteiger partial charge >= 0.3 is 0 Å². The van der Waals surface area contributed by atoms with E-state index < -0.39 is 0 Å². The number of benzene rings is 1. The molecule has 1 aromatic carbocycles. The van der Waals surface area contributed by atoms with Gasteiger partial charge in [0.15, 0.2) is 5.65 Å². The SMILES string of the molecule is Cc1ccc(-c2cccc3nc(N)nn23)cc1C. The Morgan fingerprint density at radius 1 is 1.06 bits per heavy atom. The number of rotatable bonds is 1. The van der Waals surface area contributed by atoms with Crippen molar-refractivity contribution in [2.24, 2.45) is 0 Å². The molecule has 0 bridgehead atoms. The van der Waals surface area contributed by atoms with Crippen LogP contribution in [0.25, 0.3) is 16.9 Å². The van der Waals surface area contributed by atoms with E-state index in [1.54, 1.807) is 4.52 Å². The fourth-order valence-electron chi connectivity index (χ4n) is 2.04. The lowest BCUT2D eigenvalue weighted by molar-refractivity contribution is 0.976. The van der Waals surface area contributed by atoms with Crippen molar-refractivity contribution in [2.45, 2.75) is 13.8 Å². The number of hydrogen-bond donors (Lipinski definition) is 1. The topological polar surface area (TPSA) is 56.2 Å². The van der Waals surface area contributed by atoms with Crippen molar-refractivity contribution < 1.29 is 0 Å². The van der Waals surface area contributed by atoms with Gasteiger partial charge in [-0.2, -0.15) is 4.98 Å². The van der Waals surface area contributed by atoms with Crippen LogP contribution in [-0.2, 0) is 0 Å². The Labute approximate surface area is 105 Å². The average Bonchev–Trinajstić information content (AvgIpc) is 2.72. The number of nitrogens with zero attached hydrogens (tertiary/aromatic N) is 3. The normalized spacial score (nSPS) is 11.0. The molecule has 0 aliphatic heterocycles. The molecule has 2 aromatic heterocycles. The minimum atomic E-state index is 0.297. The molecule has 0 amide bonds. The van der Waals surface area contributed by atoms with E-state index in [9.17, 15) is 0 Å². The smallest absolute Gasteiger partial charge is 0.240 e. The standard InChI is InChI=1S/C14H14N4/c1-9-6-7-11(8-10(9)2)12-4-3-5-13-16-14(15)17-18(12)13/h3-8H,1-2H3,(H2,15,17). The molecular weight excluding hydrogens is 224 g/mol. The van der Waals surface area contributed by atoms with Crippen molar-refractivity contribution in [3.05, 3.63) is 47.5 Å². The number of fused-ring (bicyclic) bond motifs is 1. The van der Waals surface area contributed by atoms with Gasteiger partial charge in [0, 0.05) is 5.56 Å². The Morgan fingerprint density at radius 3 is 2.67 bits per heavy atom. The van der Waals surface area contributed by atoms with Crippen LogP contribution in [0.4, 0.5) is 5.95 Å². The predicted octanol–water partition coefficient (Wildman–Crippen LogP) is 2.60. The van der Waals surface area contributed by atoms with E-state index in [0.717, 1.165) is 16.9 Å². The van der Waals surface area contributed by atoms with Crippen LogP contribution in [0.5, 0.6) is 0 Å². The molecule has 0 aliphatic carbocycles. The maximum Gasteiger partial charge on any atom is 0.240 e. The molecule has 0 atom stereocenters. The van der Waals surface area contributed by atoms with Crippen molar-refractivity contribution in [3.63, 3.8) is 0 Å². The van der Waals surface area contributed by atoms with E-state index >= 15 is 0 Å². The molecule has 0 unspecified atom stereocenters. The minimum Gasteiger partial charge on any atom is -0.366 e. The number of nitrogen functional groups attached to an aromatic ring is 1. The summed E-state index contributed by atoms with van der Waals surface area (Å²) >= 11 is 0. The third kappa shape index (κ3) is 1.62. The van der Waals surface area contributed by atoms with Gasteiger partial charge in [-0.25, -0.2) is 4.52 Å². The van der Waals surface area contributed by atoms with Gasteiger partial charge in [0.2, 0.25) is 5.95 Å². The van der Waals surface area contributed by atoms with Crippen molar-refractivity contribution >= 4 is 11.6 Å². The monoisotopic (exact) mass is 238 g/mol. The molecular formula is C14H14N4. The molecule has 2 N–H and O–H groups in total. The van der Waals surface area contributed by atoms with Gasteiger partial charge in [0.25, 0.3) is 0 Å². The summed E-state index contributed by atoms with van der Waals surface area (Å²) in [4.78, 5) is 4.17. The quantitative estimate of drug-likeness (QED) is 0.709. The van der Waals surface area contributed by atoms with Gasteiger partial charge in [-0.05, 0) is 43.2 Å². The average molecular weight is 238 g/mol. The van der Waals surface area contributed by atoms with E-state index in [2.05, 4.69) is 42.1 Å². The van der Waals surface area contributed by atoms with Crippen LogP contribution in [0.2, 0.25) is 0 Å². The number of hydrogen-bond acceptors (Lipinski definition) is 3. The Bertz CT molecular complexity index is 728. The van der Waals surface area contributed by atoms with Crippen LogP contribution in [0.15, 0.2) is 36.4 Å². The molecule has 0 fully saturated rings. The predicted molar refractivity (Wildman–Crippen MR) is 72.3 cm³/mol. The third-order valence-electron chi connectivity index (χ3n) is 3.18. The Kier molecular flexibility index (Phi) is 2.30. The molecule has 0 spiro atoms. The van der Waals surface area contributed by atoms with Crippen molar-refractivity contribution in [1.29, 1.82) is 0 Å². The van der Waals surface area contributed by atoms with Gasteiger partial charge < -0.3 is 5.73 Å². The van der Waals surface area contributed by atoms with Crippen molar-refractivity contribution in [3.8, 4) is 11.3 Å². The summed E-state index contributed by atoms with van der Waals surface area (Å²) in [6.45, 7) is 4.21. The molecule has 0 saturated carbocycles. The lowest BCUT2D eigenvalue weighted by Crippen LogP contribution is -1.95. The first-order valence-electron chi connectivity index (χ1n) is 5.84. The Morgan fingerprint density at radius 2 is 1.89 bits per heavy atom. The molecule has 4 nitrogen and oxygen atoms in total. The molecule has 90 valence electrons. The Hall–Kier alpha value is -2.36. The van der Waals surface area contributed by atoms with E-state index in [-0.39, 0.29) is 0 Å². The first kappa shape index (κ1) is 10.8. The summed E-state index contributed by atoms with van der Waals surface area (Å²) in [5.41, 5.74) is 11.1. The van der Waals surface area contributed by atoms with Gasteiger partial charge in [-0.3, -0.25) is 0 Å². The highest BCUT2D eigenvalue weighted by Crippen LogP contribution is 2.22. The highest BCUT2D eigenvalue weighted by molar-refractivity contribution is 5.64. The number of nitrogens with two attached hydrogens (primary N) is 1.